The molecule has 85 heavy (non-hydrogen) atoms. The van der Waals surface area contributed by atoms with Crippen LogP contribution in [0.5, 0.6) is 0 Å². The fraction of sp³-hybridized carbons (Fsp3) is 0.828. The normalized spacial score (nSPS) is 27.3. The molecule has 3 saturated heterocycles. The highest BCUT2D eigenvalue weighted by atomic mass is 32.2. The number of hydrogen-bond donors (Lipinski definition) is 1. The lowest BCUT2D eigenvalue weighted by Gasteiger charge is -2.50. The van der Waals surface area contributed by atoms with Crippen LogP contribution < -0.4 is 5.32 Å². The maximum absolute atomic E-state index is 13.2. The van der Waals surface area contributed by atoms with Gasteiger partial charge in [0.25, 0.3) is 0 Å². The van der Waals surface area contributed by atoms with Crippen LogP contribution in [-0.4, -0.2) is 190 Å². The molecule has 0 radical (unpaired) electrons. The van der Waals surface area contributed by atoms with E-state index >= 15 is 0 Å². The topological polar surface area (TPSA) is 321 Å². The number of esters is 9. The zero-order valence-corrected chi connectivity index (χ0v) is 52.1. The Kier molecular flexibility index (Phi) is 35.1. The van der Waals surface area contributed by atoms with Gasteiger partial charge in [0, 0.05) is 75.0 Å². The van der Waals surface area contributed by atoms with Gasteiger partial charge >= 0.3 is 53.7 Å². The quantitative estimate of drug-likeness (QED) is 0.0438. The monoisotopic (exact) mass is 1240 g/mol. The zero-order valence-electron chi connectivity index (χ0n) is 51.3. The van der Waals surface area contributed by atoms with E-state index in [1.807, 2.05) is 0 Å². The van der Waals surface area contributed by atoms with Crippen molar-refractivity contribution in [3.8, 4) is 0 Å². The molecule has 3 rings (SSSR count). The first kappa shape index (κ1) is 74.1. The number of ether oxygens (including phenoxy) is 15. The molecule has 15 atom stereocenters. The fourth-order valence-electron chi connectivity index (χ4n) is 10.1. The van der Waals surface area contributed by atoms with E-state index in [1.165, 1.54) is 90.4 Å². The van der Waals surface area contributed by atoms with Crippen molar-refractivity contribution in [2.24, 2.45) is 0 Å². The summed E-state index contributed by atoms with van der Waals surface area (Å²) < 4.78 is 88.5. The van der Waals surface area contributed by atoms with Crippen LogP contribution >= 0.6 is 11.8 Å². The zero-order chi connectivity index (χ0) is 63.0. The first-order valence-corrected chi connectivity index (χ1v) is 30.7. The van der Waals surface area contributed by atoms with E-state index in [0.717, 1.165) is 87.3 Å². The van der Waals surface area contributed by atoms with E-state index in [0.29, 0.717) is 5.75 Å². The second-order valence-electron chi connectivity index (χ2n) is 21.2. The van der Waals surface area contributed by atoms with Crippen molar-refractivity contribution in [1.29, 1.82) is 0 Å². The summed E-state index contributed by atoms with van der Waals surface area (Å²) in [6.45, 7) is 10.9. The third-order valence-electron chi connectivity index (χ3n) is 13.6. The molecule has 0 unspecified atom stereocenters. The molecule has 3 heterocycles. The van der Waals surface area contributed by atoms with Gasteiger partial charge in [0.15, 0.2) is 55.5 Å². The molecule has 0 aromatic heterocycles. The van der Waals surface area contributed by atoms with Gasteiger partial charge in [-0.2, -0.15) is 11.8 Å². The van der Waals surface area contributed by atoms with Crippen molar-refractivity contribution in [3.05, 3.63) is 0 Å². The SMILES string of the molecule is CCCCCCCCCCCCCCCCCCSCCO[C@@H]1O[C@H](COC(C)=O)[C@@H](O[C@@H]2O[C@H](COC(C)=O)[C@H](O[C@H]3O[C@H](COC(C)=O)[C@H](OC(C)=O)[C@H](OC(C)=O)[C@H]3OC(C)=O)[C@H](OC(C)=O)[C@H]2OC(C)=O)[C@H](OC(C)=O)[C@H]1NC(C)=O. The minimum absolute atomic E-state index is 0.103. The van der Waals surface area contributed by atoms with E-state index < -0.39 is 172 Å². The molecule has 0 aromatic carbocycles. The second kappa shape index (κ2) is 40.3. The van der Waals surface area contributed by atoms with E-state index in [1.54, 1.807) is 11.8 Å². The third-order valence-corrected chi connectivity index (χ3v) is 14.6. The van der Waals surface area contributed by atoms with Gasteiger partial charge in [-0.1, -0.05) is 103 Å². The number of carbonyl (C=O) groups is 10. The molecule has 1 amide bonds. The first-order chi connectivity index (χ1) is 40.4. The summed E-state index contributed by atoms with van der Waals surface area (Å²) in [6.07, 6.45) is -3.75. The summed E-state index contributed by atoms with van der Waals surface area (Å²) in [4.78, 5) is 127. The van der Waals surface area contributed by atoms with Crippen LogP contribution in [0.4, 0.5) is 0 Å². The summed E-state index contributed by atoms with van der Waals surface area (Å²) in [5.74, 6) is -7.46. The highest BCUT2D eigenvalue weighted by molar-refractivity contribution is 7.99. The van der Waals surface area contributed by atoms with Crippen LogP contribution in [0, 0.1) is 0 Å². The largest absolute Gasteiger partial charge is 0.463 e. The number of amides is 1. The van der Waals surface area contributed by atoms with Gasteiger partial charge in [-0.05, 0) is 12.2 Å². The number of thioether (sulfide) groups is 1. The van der Waals surface area contributed by atoms with E-state index in [9.17, 15) is 47.9 Å². The van der Waals surface area contributed by atoms with Crippen LogP contribution in [0.15, 0.2) is 0 Å². The molecule has 0 saturated carbocycles. The number of unbranched alkanes of at least 4 members (excludes halogenated alkanes) is 15. The summed E-state index contributed by atoms with van der Waals surface area (Å²) >= 11 is 1.66. The van der Waals surface area contributed by atoms with Gasteiger partial charge in [0.05, 0.1) is 6.61 Å². The molecule has 3 aliphatic heterocycles. The Morgan fingerprint density at radius 2 is 0.671 bits per heavy atom. The van der Waals surface area contributed by atoms with Gasteiger partial charge < -0.3 is 76.4 Å². The van der Waals surface area contributed by atoms with Gasteiger partial charge in [0.1, 0.15) is 56.4 Å². The molecule has 0 bridgehead atoms. The average Bonchev–Trinajstić information content (AvgIpc) is 1.71. The Morgan fingerprint density at radius 3 is 1.05 bits per heavy atom. The smallest absolute Gasteiger partial charge is 0.303 e. The lowest BCUT2D eigenvalue weighted by molar-refractivity contribution is -0.375. The number of carbonyl (C=O) groups excluding carboxylic acids is 10. The summed E-state index contributed by atoms with van der Waals surface area (Å²) in [6, 6.07) is -1.33. The van der Waals surface area contributed by atoms with Crippen molar-refractivity contribution in [2.75, 3.05) is 37.9 Å². The van der Waals surface area contributed by atoms with Crippen molar-refractivity contribution < 1.29 is 119 Å². The van der Waals surface area contributed by atoms with E-state index in [-0.39, 0.29) is 6.61 Å². The summed E-state index contributed by atoms with van der Waals surface area (Å²) in [5.41, 5.74) is 0. The molecular weight excluding hydrogens is 1140 g/mol. The Labute approximate surface area is 503 Å². The van der Waals surface area contributed by atoms with Crippen LogP contribution in [0.1, 0.15) is 179 Å². The predicted octanol–water partition coefficient (Wildman–Crippen LogP) is 5.73. The highest BCUT2D eigenvalue weighted by Crippen LogP contribution is 2.38. The standard InChI is InChI=1S/C58H93NO25S/c1-12-13-14-15-16-17-18-19-20-21-22-23-24-25-26-27-29-85-30-28-70-56-47(59-34(2)60)51(75-39(7)65)48(44(80-56)31-71-35(3)61)83-57-55(79-43(11)69)53(77-41(9)67)50(46(82-57)33-73-37(5)63)84-58-54(78-42(10)68)52(76-40(8)66)49(74-38(6)64)45(81-58)32-72-36(4)62/h44-58H,12-33H2,1-11H3,(H,59,60)/t44-,45-,46-,47-,48-,49+,50+,51-,52+,53+,54-,55-,56-,57+,58-/m1/s1. The highest BCUT2D eigenvalue weighted by Gasteiger charge is 2.60. The van der Waals surface area contributed by atoms with E-state index in [4.69, 9.17) is 71.1 Å². The Bertz CT molecular complexity index is 2110. The lowest BCUT2D eigenvalue weighted by Crippen LogP contribution is -2.70. The molecule has 3 fully saturated rings. The minimum atomic E-state index is -1.97. The number of hydrogen-bond acceptors (Lipinski definition) is 26. The predicted molar refractivity (Wildman–Crippen MR) is 299 cm³/mol. The van der Waals surface area contributed by atoms with Crippen LogP contribution in [0.25, 0.3) is 0 Å². The van der Waals surface area contributed by atoms with Gasteiger partial charge in [-0.3, -0.25) is 47.9 Å². The van der Waals surface area contributed by atoms with Crippen molar-refractivity contribution in [1.82, 2.24) is 5.32 Å². The first-order valence-electron chi connectivity index (χ1n) is 29.6. The van der Waals surface area contributed by atoms with Gasteiger partial charge in [-0.25, -0.2) is 0 Å². The molecule has 0 spiro atoms. The minimum Gasteiger partial charge on any atom is -0.463 e. The Balaban J connectivity index is 1.95. The van der Waals surface area contributed by atoms with E-state index in [2.05, 4.69) is 12.2 Å². The van der Waals surface area contributed by atoms with Gasteiger partial charge in [0.2, 0.25) is 5.91 Å². The van der Waals surface area contributed by atoms with Gasteiger partial charge in [-0.15, -0.1) is 0 Å². The Hall–Kier alpha value is -5.19. The maximum atomic E-state index is 13.2. The van der Waals surface area contributed by atoms with Crippen molar-refractivity contribution in [2.45, 2.75) is 271 Å². The molecular formula is C58H93NO25S. The van der Waals surface area contributed by atoms with Crippen molar-refractivity contribution in [3.63, 3.8) is 0 Å². The number of rotatable bonds is 38. The molecule has 0 aromatic rings. The van der Waals surface area contributed by atoms with Crippen molar-refractivity contribution >= 4 is 71.4 Å². The second-order valence-corrected chi connectivity index (χ2v) is 22.4. The van der Waals surface area contributed by atoms with Crippen LogP contribution in [-0.2, 0) is 119 Å². The third kappa shape index (κ3) is 28.5. The van der Waals surface area contributed by atoms with Crippen LogP contribution in [0.2, 0.25) is 0 Å². The molecule has 3 aliphatic rings. The average molecular weight is 1240 g/mol. The lowest BCUT2D eigenvalue weighted by atomic mass is 9.94. The molecule has 486 valence electrons. The fourth-order valence-corrected chi connectivity index (χ4v) is 10.9. The molecule has 0 aliphatic carbocycles. The Morgan fingerprint density at radius 1 is 0.353 bits per heavy atom. The number of nitrogens with one attached hydrogen (secondary N) is 1. The summed E-state index contributed by atoms with van der Waals surface area (Å²) in [5, 5.41) is 2.72. The maximum Gasteiger partial charge on any atom is 0.303 e. The molecule has 27 heteroatoms. The molecule has 1 N–H and O–H groups in total. The molecule has 26 nitrogen and oxygen atoms in total. The summed E-state index contributed by atoms with van der Waals surface area (Å²) in [7, 11) is 0. The van der Waals surface area contributed by atoms with Crippen LogP contribution in [0.3, 0.4) is 0 Å².